The average molecular weight is 187 g/mol. The Balaban J connectivity index is 3.22. The van der Waals surface area contributed by atoms with E-state index in [9.17, 15) is 9.59 Å². The van der Waals surface area contributed by atoms with Crippen LogP contribution in [0.3, 0.4) is 0 Å². The van der Waals surface area contributed by atoms with Gasteiger partial charge >= 0.3 is 5.97 Å². The molecule has 0 saturated heterocycles. The van der Waals surface area contributed by atoms with E-state index >= 15 is 0 Å². The number of carbonyl (C=O) groups is 2. The summed E-state index contributed by atoms with van der Waals surface area (Å²) in [5.74, 6) is -0.295. The monoisotopic (exact) mass is 187 g/mol. The third-order valence-corrected chi connectivity index (χ3v) is 1.49. The standard InChI is InChI=1S/C9H17NO3/c1-3-4-5-9(12)10-6-7-13-8(2)11/h3-7H2,1-2H3,(H,10,12). The van der Waals surface area contributed by atoms with Crippen LogP contribution in [0.5, 0.6) is 0 Å². The van der Waals surface area contributed by atoms with Gasteiger partial charge in [-0.2, -0.15) is 0 Å². The van der Waals surface area contributed by atoms with E-state index in [2.05, 4.69) is 10.1 Å². The maximum atomic E-state index is 11.0. The van der Waals surface area contributed by atoms with Gasteiger partial charge in [-0.3, -0.25) is 9.59 Å². The van der Waals surface area contributed by atoms with E-state index in [0.717, 1.165) is 12.8 Å². The van der Waals surface area contributed by atoms with Crippen LogP contribution in [0.4, 0.5) is 0 Å². The van der Waals surface area contributed by atoms with E-state index in [1.165, 1.54) is 6.92 Å². The number of rotatable bonds is 6. The Morgan fingerprint density at radius 2 is 2.08 bits per heavy atom. The lowest BCUT2D eigenvalue weighted by atomic mass is 10.2. The Hall–Kier alpha value is -1.06. The molecule has 0 fully saturated rings. The van der Waals surface area contributed by atoms with Crippen molar-refractivity contribution in [3.8, 4) is 0 Å². The van der Waals surface area contributed by atoms with Crippen molar-refractivity contribution >= 4 is 11.9 Å². The van der Waals surface area contributed by atoms with Crippen LogP contribution in [0.1, 0.15) is 33.1 Å². The van der Waals surface area contributed by atoms with Gasteiger partial charge in [-0.15, -0.1) is 0 Å². The minimum atomic E-state index is -0.317. The Morgan fingerprint density at radius 1 is 1.38 bits per heavy atom. The number of amides is 1. The largest absolute Gasteiger partial charge is 0.464 e. The summed E-state index contributed by atoms with van der Waals surface area (Å²) >= 11 is 0. The molecule has 0 radical (unpaired) electrons. The highest BCUT2D eigenvalue weighted by atomic mass is 16.5. The zero-order chi connectivity index (χ0) is 10.1. The molecule has 0 spiro atoms. The van der Waals surface area contributed by atoms with E-state index in [1.54, 1.807) is 0 Å². The van der Waals surface area contributed by atoms with E-state index in [4.69, 9.17) is 0 Å². The molecule has 0 aromatic carbocycles. The highest BCUT2D eigenvalue weighted by molar-refractivity contribution is 5.75. The lowest BCUT2D eigenvalue weighted by Crippen LogP contribution is -2.27. The predicted molar refractivity (Wildman–Crippen MR) is 49.2 cm³/mol. The van der Waals surface area contributed by atoms with Gasteiger partial charge in [0.15, 0.2) is 0 Å². The number of carbonyl (C=O) groups excluding carboxylic acids is 2. The van der Waals surface area contributed by atoms with Crippen molar-refractivity contribution in [2.75, 3.05) is 13.2 Å². The molecule has 0 aliphatic rings. The molecule has 0 bridgehead atoms. The minimum absolute atomic E-state index is 0.0222. The molecule has 0 heterocycles. The van der Waals surface area contributed by atoms with Crippen LogP contribution >= 0.6 is 0 Å². The summed E-state index contributed by atoms with van der Waals surface area (Å²) in [7, 11) is 0. The SMILES string of the molecule is CCCCC(=O)NCCOC(C)=O. The van der Waals surface area contributed by atoms with Crippen molar-refractivity contribution < 1.29 is 14.3 Å². The second kappa shape index (κ2) is 7.58. The van der Waals surface area contributed by atoms with E-state index in [0.29, 0.717) is 13.0 Å². The Kier molecular flexibility index (Phi) is 6.96. The normalized spacial score (nSPS) is 9.38. The summed E-state index contributed by atoms with van der Waals surface area (Å²) in [6.07, 6.45) is 2.47. The second-order valence-electron chi connectivity index (χ2n) is 2.79. The number of nitrogens with one attached hydrogen (secondary N) is 1. The van der Waals surface area contributed by atoms with Crippen molar-refractivity contribution in [2.24, 2.45) is 0 Å². The first-order valence-electron chi connectivity index (χ1n) is 4.57. The van der Waals surface area contributed by atoms with Crippen molar-refractivity contribution in [2.45, 2.75) is 33.1 Å². The highest BCUT2D eigenvalue weighted by Crippen LogP contribution is 1.92. The van der Waals surface area contributed by atoms with Crippen molar-refractivity contribution in [1.29, 1.82) is 0 Å². The van der Waals surface area contributed by atoms with E-state index in [-0.39, 0.29) is 18.5 Å². The fourth-order valence-corrected chi connectivity index (χ4v) is 0.811. The Labute approximate surface area is 78.6 Å². The van der Waals surface area contributed by atoms with Crippen molar-refractivity contribution in [3.63, 3.8) is 0 Å². The summed E-state index contributed by atoms with van der Waals surface area (Å²) in [6, 6.07) is 0. The summed E-state index contributed by atoms with van der Waals surface area (Å²) in [6.45, 7) is 4.04. The van der Waals surface area contributed by atoms with Gasteiger partial charge in [0, 0.05) is 13.3 Å². The first kappa shape index (κ1) is 11.9. The number of ether oxygens (including phenoxy) is 1. The maximum Gasteiger partial charge on any atom is 0.302 e. The smallest absolute Gasteiger partial charge is 0.302 e. The zero-order valence-electron chi connectivity index (χ0n) is 8.26. The first-order chi connectivity index (χ1) is 6.16. The van der Waals surface area contributed by atoms with Gasteiger partial charge in [-0.1, -0.05) is 13.3 Å². The van der Waals surface area contributed by atoms with Crippen LogP contribution in [0.2, 0.25) is 0 Å². The van der Waals surface area contributed by atoms with Gasteiger partial charge in [0.25, 0.3) is 0 Å². The molecule has 1 amide bonds. The maximum absolute atomic E-state index is 11.0. The van der Waals surface area contributed by atoms with Crippen LogP contribution in [0.25, 0.3) is 0 Å². The van der Waals surface area contributed by atoms with Gasteiger partial charge in [0.1, 0.15) is 6.61 Å². The van der Waals surface area contributed by atoms with Gasteiger partial charge in [0.05, 0.1) is 6.54 Å². The van der Waals surface area contributed by atoms with Gasteiger partial charge in [-0.05, 0) is 6.42 Å². The van der Waals surface area contributed by atoms with E-state index < -0.39 is 0 Å². The lowest BCUT2D eigenvalue weighted by molar-refractivity contribution is -0.141. The zero-order valence-corrected chi connectivity index (χ0v) is 8.26. The van der Waals surface area contributed by atoms with Crippen molar-refractivity contribution in [3.05, 3.63) is 0 Å². The van der Waals surface area contributed by atoms with Crippen LogP contribution < -0.4 is 5.32 Å². The quantitative estimate of drug-likeness (QED) is 0.495. The summed E-state index contributed by atoms with van der Waals surface area (Å²) < 4.78 is 4.64. The molecule has 0 unspecified atom stereocenters. The average Bonchev–Trinajstić information content (AvgIpc) is 2.08. The Morgan fingerprint density at radius 3 is 2.62 bits per heavy atom. The molecule has 4 heteroatoms. The fraction of sp³-hybridized carbons (Fsp3) is 0.778. The molecule has 4 nitrogen and oxygen atoms in total. The summed E-state index contributed by atoms with van der Waals surface area (Å²) in [5.41, 5.74) is 0. The highest BCUT2D eigenvalue weighted by Gasteiger charge is 1.99. The molecule has 0 atom stereocenters. The number of hydrogen-bond donors (Lipinski definition) is 1. The molecule has 0 aromatic heterocycles. The fourth-order valence-electron chi connectivity index (χ4n) is 0.811. The molecule has 13 heavy (non-hydrogen) atoms. The van der Waals surface area contributed by atoms with Gasteiger partial charge in [-0.25, -0.2) is 0 Å². The molecule has 0 aliphatic heterocycles. The Bertz CT molecular complexity index is 168. The second-order valence-corrected chi connectivity index (χ2v) is 2.79. The molecule has 0 aliphatic carbocycles. The topological polar surface area (TPSA) is 55.4 Å². The molecule has 0 rings (SSSR count). The van der Waals surface area contributed by atoms with E-state index in [1.807, 2.05) is 6.92 Å². The molecule has 1 N–H and O–H groups in total. The molecule has 0 aromatic rings. The lowest BCUT2D eigenvalue weighted by Gasteiger charge is -2.04. The van der Waals surface area contributed by atoms with Crippen LogP contribution in [-0.2, 0) is 14.3 Å². The number of hydrogen-bond acceptors (Lipinski definition) is 3. The number of unbranched alkanes of at least 4 members (excludes halogenated alkanes) is 1. The van der Waals surface area contributed by atoms with Gasteiger partial charge < -0.3 is 10.1 Å². The third-order valence-electron chi connectivity index (χ3n) is 1.49. The molecule has 0 saturated carbocycles. The van der Waals surface area contributed by atoms with Crippen LogP contribution in [0, 0.1) is 0 Å². The van der Waals surface area contributed by atoms with Crippen LogP contribution in [0.15, 0.2) is 0 Å². The molecular formula is C9H17NO3. The summed E-state index contributed by atoms with van der Waals surface area (Å²) in [4.78, 5) is 21.3. The van der Waals surface area contributed by atoms with Crippen LogP contribution in [-0.4, -0.2) is 25.0 Å². The molecule has 76 valence electrons. The first-order valence-corrected chi connectivity index (χ1v) is 4.57. The third kappa shape index (κ3) is 8.85. The molecular weight excluding hydrogens is 170 g/mol. The van der Waals surface area contributed by atoms with Crippen molar-refractivity contribution in [1.82, 2.24) is 5.32 Å². The predicted octanol–water partition coefficient (Wildman–Crippen LogP) is 0.856. The summed E-state index contributed by atoms with van der Waals surface area (Å²) in [5, 5.41) is 2.66. The minimum Gasteiger partial charge on any atom is -0.464 e. The van der Waals surface area contributed by atoms with Gasteiger partial charge in [0.2, 0.25) is 5.91 Å². The number of esters is 1.